The summed E-state index contributed by atoms with van der Waals surface area (Å²) in [5, 5.41) is 11.5. The molecule has 1 heterocycles. The van der Waals surface area contributed by atoms with E-state index >= 15 is 0 Å². The Labute approximate surface area is 138 Å². The van der Waals surface area contributed by atoms with Gasteiger partial charge in [0.1, 0.15) is 5.82 Å². The van der Waals surface area contributed by atoms with Crippen molar-refractivity contribution in [1.29, 1.82) is 0 Å². The fraction of sp³-hybridized carbons (Fsp3) is 0.294. The first-order valence-corrected chi connectivity index (χ1v) is 8.05. The van der Waals surface area contributed by atoms with Crippen molar-refractivity contribution in [3.05, 3.63) is 46.6 Å². The van der Waals surface area contributed by atoms with Crippen LogP contribution in [0.2, 0.25) is 0 Å². The van der Waals surface area contributed by atoms with Crippen LogP contribution in [0.1, 0.15) is 28.6 Å². The predicted molar refractivity (Wildman–Crippen MR) is 88.2 cm³/mol. The molecule has 1 amide bonds. The molecule has 1 aromatic heterocycles. The summed E-state index contributed by atoms with van der Waals surface area (Å²) in [5.74, 6) is -1.52. The third-order valence-corrected chi connectivity index (χ3v) is 4.67. The number of nitrogens with one attached hydrogen (secondary N) is 1. The van der Waals surface area contributed by atoms with Crippen LogP contribution >= 0.6 is 11.3 Å². The van der Waals surface area contributed by atoms with Crippen LogP contribution in [-0.2, 0) is 4.79 Å². The average molecular weight is 335 g/mol. The lowest BCUT2D eigenvalue weighted by Gasteiger charge is -2.09. The van der Waals surface area contributed by atoms with Crippen molar-refractivity contribution in [3.8, 4) is 10.4 Å². The van der Waals surface area contributed by atoms with Gasteiger partial charge in [0.05, 0.1) is 4.88 Å². The first-order valence-electron chi connectivity index (χ1n) is 7.23. The summed E-state index contributed by atoms with van der Waals surface area (Å²) in [7, 11) is 0. The fourth-order valence-electron chi connectivity index (χ4n) is 2.21. The Hall–Kier alpha value is -2.21. The van der Waals surface area contributed by atoms with Crippen molar-refractivity contribution in [2.24, 2.45) is 5.92 Å². The lowest BCUT2D eigenvalue weighted by atomic mass is 10.1. The summed E-state index contributed by atoms with van der Waals surface area (Å²) >= 11 is 1.34. The average Bonchev–Trinajstić information content (AvgIpc) is 2.87. The molecule has 2 aromatic rings. The number of thiophene rings is 1. The van der Waals surface area contributed by atoms with Crippen LogP contribution in [0.15, 0.2) is 30.3 Å². The van der Waals surface area contributed by atoms with Gasteiger partial charge in [0.25, 0.3) is 5.91 Å². The summed E-state index contributed by atoms with van der Waals surface area (Å²) in [5.41, 5.74) is 1.82. The van der Waals surface area contributed by atoms with Crippen molar-refractivity contribution >= 4 is 23.2 Å². The maximum atomic E-state index is 13.0. The number of hydrogen-bond acceptors (Lipinski definition) is 3. The molecule has 0 saturated carbocycles. The van der Waals surface area contributed by atoms with Crippen LogP contribution in [0.3, 0.4) is 0 Å². The van der Waals surface area contributed by atoms with Gasteiger partial charge in [-0.25, -0.2) is 4.39 Å². The Balaban J connectivity index is 2.06. The van der Waals surface area contributed by atoms with Crippen LogP contribution in [0.25, 0.3) is 10.4 Å². The smallest absolute Gasteiger partial charge is 0.303 e. The molecule has 23 heavy (non-hydrogen) atoms. The monoisotopic (exact) mass is 335 g/mol. The van der Waals surface area contributed by atoms with Gasteiger partial charge in [0, 0.05) is 17.8 Å². The summed E-state index contributed by atoms with van der Waals surface area (Å²) in [6.45, 7) is 3.99. The summed E-state index contributed by atoms with van der Waals surface area (Å²) in [6, 6.07) is 7.94. The largest absolute Gasteiger partial charge is 0.481 e. The van der Waals surface area contributed by atoms with Gasteiger partial charge in [-0.05, 0) is 42.2 Å². The van der Waals surface area contributed by atoms with Crippen molar-refractivity contribution in [3.63, 3.8) is 0 Å². The lowest BCUT2D eigenvalue weighted by Crippen LogP contribution is -2.28. The first-order chi connectivity index (χ1) is 10.9. The van der Waals surface area contributed by atoms with E-state index in [0.29, 0.717) is 11.4 Å². The number of hydrogen-bond donors (Lipinski definition) is 2. The van der Waals surface area contributed by atoms with Crippen LogP contribution in [0, 0.1) is 18.7 Å². The van der Waals surface area contributed by atoms with Crippen molar-refractivity contribution in [2.75, 3.05) is 6.54 Å². The molecule has 2 rings (SSSR count). The highest BCUT2D eigenvalue weighted by molar-refractivity contribution is 7.17. The summed E-state index contributed by atoms with van der Waals surface area (Å²) in [4.78, 5) is 24.3. The van der Waals surface area contributed by atoms with E-state index in [2.05, 4.69) is 5.32 Å². The number of aliphatic carboxylic acids is 1. The normalized spacial score (nSPS) is 12.0. The highest BCUT2D eigenvalue weighted by Gasteiger charge is 2.15. The number of halogens is 1. The second-order valence-electron chi connectivity index (χ2n) is 5.54. The molecule has 4 nitrogen and oxygen atoms in total. The molecule has 122 valence electrons. The van der Waals surface area contributed by atoms with Crippen LogP contribution in [0.5, 0.6) is 0 Å². The maximum Gasteiger partial charge on any atom is 0.303 e. The Kier molecular flexibility index (Phi) is 5.50. The van der Waals surface area contributed by atoms with Crippen molar-refractivity contribution < 1.29 is 19.1 Å². The number of amides is 1. The topological polar surface area (TPSA) is 66.4 Å². The van der Waals surface area contributed by atoms with Crippen molar-refractivity contribution in [2.45, 2.75) is 20.3 Å². The van der Waals surface area contributed by atoms with E-state index in [9.17, 15) is 14.0 Å². The Morgan fingerprint density at radius 2 is 1.96 bits per heavy atom. The number of carboxylic acid groups (broad SMARTS) is 1. The van der Waals surface area contributed by atoms with E-state index in [4.69, 9.17) is 5.11 Å². The summed E-state index contributed by atoms with van der Waals surface area (Å²) < 4.78 is 13.0. The van der Waals surface area contributed by atoms with Gasteiger partial charge in [-0.3, -0.25) is 9.59 Å². The maximum absolute atomic E-state index is 13.0. The van der Waals surface area contributed by atoms with Gasteiger partial charge in [-0.1, -0.05) is 19.1 Å². The minimum atomic E-state index is -0.877. The van der Waals surface area contributed by atoms with Gasteiger partial charge in [-0.2, -0.15) is 0 Å². The molecule has 1 aromatic carbocycles. The quantitative estimate of drug-likeness (QED) is 0.846. The van der Waals surface area contributed by atoms with E-state index in [1.807, 2.05) is 6.92 Å². The minimum Gasteiger partial charge on any atom is -0.481 e. The molecule has 0 aliphatic heterocycles. The molecule has 0 radical (unpaired) electrons. The number of aryl methyl sites for hydroxylation is 1. The van der Waals surface area contributed by atoms with Crippen LogP contribution < -0.4 is 5.32 Å². The van der Waals surface area contributed by atoms with E-state index in [-0.39, 0.29) is 24.1 Å². The first kappa shape index (κ1) is 17.1. The molecule has 0 fully saturated rings. The summed E-state index contributed by atoms with van der Waals surface area (Å²) in [6.07, 6.45) is 0.0184. The molecule has 1 atom stereocenters. The molecule has 2 N–H and O–H groups in total. The SMILES string of the molecule is Cc1cc(C(=O)NCC(C)CC(=O)O)sc1-c1ccc(F)cc1. The van der Waals surface area contributed by atoms with E-state index in [0.717, 1.165) is 16.0 Å². The predicted octanol–water partition coefficient (Wildman–Crippen LogP) is 3.70. The molecule has 1 unspecified atom stereocenters. The van der Waals surface area contributed by atoms with Gasteiger partial charge in [0.15, 0.2) is 0 Å². The fourth-order valence-corrected chi connectivity index (χ4v) is 3.30. The van der Waals surface area contributed by atoms with E-state index < -0.39 is 5.97 Å². The van der Waals surface area contributed by atoms with Crippen LogP contribution in [0.4, 0.5) is 4.39 Å². The zero-order valence-corrected chi connectivity index (χ0v) is 13.7. The third-order valence-electron chi connectivity index (χ3n) is 3.38. The van der Waals surface area contributed by atoms with Gasteiger partial charge >= 0.3 is 5.97 Å². The van der Waals surface area contributed by atoms with E-state index in [1.54, 1.807) is 25.1 Å². The zero-order valence-electron chi connectivity index (χ0n) is 12.9. The standard InChI is InChI=1S/C17H18FNO3S/c1-10(7-15(20)21)9-19-17(22)14-8-11(2)16(23-14)12-3-5-13(18)6-4-12/h3-6,8,10H,7,9H2,1-2H3,(H,19,22)(H,20,21). The van der Waals surface area contributed by atoms with Gasteiger partial charge in [0.2, 0.25) is 0 Å². The highest BCUT2D eigenvalue weighted by Crippen LogP contribution is 2.32. The number of carbonyl (C=O) groups is 2. The molecular weight excluding hydrogens is 317 g/mol. The second kappa shape index (κ2) is 7.37. The number of rotatable bonds is 6. The number of carboxylic acids is 1. The minimum absolute atomic E-state index is 0.0184. The molecule has 6 heteroatoms. The van der Waals surface area contributed by atoms with Gasteiger partial charge < -0.3 is 10.4 Å². The molecule has 0 spiro atoms. The molecule has 0 aliphatic carbocycles. The zero-order chi connectivity index (χ0) is 17.0. The molecule has 0 bridgehead atoms. The van der Waals surface area contributed by atoms with Crippen molar-refractivity contribution in [1.82, 2.24) is 5.32 Å². The Bertz CT molecular complexity index is 709. The number of carbonyl (C=O) groups excluding carboxylic acids is 1. The van der Waals surface area contributed by atoms with Crippen LogP contribution in [-0.4, -0.2) is 23.5 Å². The van der Waals surface area contributed by atoms with E-state index in [1.165, 1.54) is 23.5 Å². The third kappa shape index (κ3) is 4.63. The highest BCUT2D eigenvalue weighted by atomic mass is 32.1. The Morgan fingerprint density at radius 3 is 2.57 bits per heavy atom. The molecule has 0 saturated heterocycles. The molecular formula is C17H18FNO3S. The number of benzene rings is 1. The second-order valence-corrected chi connectivity index (χ2v) is 6.59. The molecule has 0 aliphatic rings. The van der Waals surface area contributed by atoms with Gasteiger partial charge in [-0.15, -0.1) is 11.3 Å². The Morgan fingerprint density at radius 1 is 1.30 bits per heavy atom. The lowest BCUT2D eigenvalue weighted by molar-refractivity contribution is -0.137.